The summed E-state index contributed by atoms with van der Waals surface area (Å²) in [7, 11) is 0. The summed E-state index contributed by atoms with van der Waals surface area (Å²) in [5.41, 5.74) is 5.97. The van der Waals surface area contributed by atoms with Gasteiger partial charge in [-0.3, -0.25) is 0 Å². The summed E-state index contributed by atoms with van der Waals surface area (Å²) in [6, 6.07) is 0. The largest absolute Gasteiger partial charge is 0.375 e. The fourth-order valence-corrected chi connectivity index (χ4v) is 4.13. The first kappa shape index (κ1) is 10.5. The summed E-state index contributed by atoms with van der Waals surface area (Å²) in [5, 5.41) is 16.6. The molecular weight excluding hydrogens is 222 g/mol. The maximum Gasteiger partial charge on any atom is 0.189 e. The Labute approximate surface area is 100 Å². The molecule has 3 rings (SSSR count). The Balaban J connectivity index is 1.99. The molecule has 88 valence electrons. The number of rotatable bonds is 0. The van der Waals surface area contributed by atoms with Gasteiger partial charge in [0.15, 0.2) is 10.8 Å². The van der Waals surface area contributed by atoms with Crippen LogP contribution < -0.4 is 5.73 Å². The minimum Gasteiger partial charge on any atom is -0.375 e. The molecular formula is C11H17N3OS. The molecule has 0 unspecified atom stereocenters. The van der Waals surface area contributed by atoms with Crippen LogP contribution in [0.2, 0.25) is 0 Å². The Morgan fingerprint density at radius 2 is 2.25 bits per heavy atom. The highest BCUT2D eigenvalue weighted by Gasteiger charge is 2.75. The van der Waals surface area contributed by atoms with Crippen molar-refractivity contribution in [3.8, 4) is 0 Å². The van der Waals surface area contributed by atoms with E-state index in [0.29, 0.717) is 17.3 Å². The molecule has 0 aromatic carbocycles. The molecule has 0 bridgehead atoms. The van der Waals surface area contributed by atoms with Crippen LogP contribution in [0.5, 0.6) is 0 Å². The molecule has 0 aromatic rings. The van der Waals surface area contributed by atoms with Gasteiger partial charge in [0.2, 0.25) is 0 Å². The fourth-order valence-electron chi connectivity index (χ4n) is 3.94. The molecule has 0 saturated heterocycles. The van der Waals surface area contributed by atoms with E-state index >= 15 is 0 Å². The van der Waals surface area contributed by atoms with Crippen molar-refractivity contribution >= 4 is 23.0 Å². The minimum absolute atomic E-state index is 0.106. The summed E-state index contributed by atoms with van der Waals surface area (Å²) in [4.78, 5) is 0. The van der Waals surface area contributed by atoms with E-state index in [2.05, 4.69) is 18.9 Å². The highest BCUT2D eigenvalue weighted by atomic mass is 32.1. The van der Waals surface area contributed by atoms with Crippen molar-refractivity contribution in [3.63, 3.8) is 0 Å². The Morgan fingerprint density at radius 1 is 1.62 bits per heavy atom. The molecule has 4 atom stereocenters. The normalized spacial score (nSPS) is 47.4. The Morgan fingerprint density at radius 3 is 2.81 bits per heavy atom. The zero-order chi connectivity index (χ0) is 11.9. The summed E-state index contributed by atoms with van der Waals surface area (Å²) in [6.45, 7) is 6.49. The van der Waals surface area contributed by atoms with Gasteiger partial charge in [0, 0.05) is 12.1 Å². The summed E-state index contributed by atoms with van der Waals surface area (Å²) < 4.78 is 0. The van der Waals surface area contributed by atoms with Crippen molar-refractivity contribution in [3.05, 3.63) is 0 Å². The first-order valence-electron chi connectivity index (χ1n) is 5.67. The van der Waals surface area contributed by atoms with E-state index in [1.54, 1.807) is 0 Å². The first-order chi connectivity index (χ1) is 7.30. The lowest BCUT2D eigenvalue weighted by Crippen LogP contribution is -2.52. The third-order valence-electron chi connectivity index (χ3n) is 4.80. The molecule has 0 aromatic heterocycles. The molecule has 3 N–H and O–H groups in total. The van der Waals surface area contributed by atoms with Crippen LogP contribution in [0.15, 0.2) is 5.10 Å². The highest BCUT2D eigenvalue weighted by Crippen LogP contribution is 2.73. The number of thiocarbonyl (C=S) groups is 1. The molecule has 1 aliphatic heterocycles. The van der Waals surface area contributed by atoms with E-state index in [1.165, 1.54) is 5.01 Å². The topological polar surface area (TPSA) is 61.8 Å². The Kier molecular flexibility index (Phi) is 1.70. The van der Waals surface area contributed by atoms with Gasteiger partial charge in [-0.05, 0) is 36.4 Å². The average molecular weight is 239 g/mol. The number of hydrazone groups is 1. The number of hydrogen-bond acceptors (Lipinski definition) is 3. The van der Waals surface area contributed by atoms with Crippen LogP contribution in [0, 0.1) is 23.2 Å². The number of fused-ring (bicyclic) bond motifs is 3. The van der Waals surface area contributed by atoms with Crippen LogP contribution in [0.4, 0.5) is 0 Å². The van der Waals surface area contributed by atoms with Crippen LogP contribution in [0.1, 0.15) is 27.2 Å². The van der Waals surface area contributed by atoms with Gasteiger partial charge >= 0.3 is 0 Å². The van der Waals surface area contributed by atoms with Crippen LogP contribution in [0.25, 0.3) is 0 Å². The smallest absolute Gasteiger partial charge is 0.189 e. The number of nitrogens with zero attached hydrogens (tertiary/aromatic N) is 2. The van der Waals surface area contributed by atoms with Gasteiger partial charge in [0.25, 0.3) is 0 Å². The summed E-state index contributed by atoms with van der Waals surface area (Å²) in [5.74, 6) is 1.21. The summed E-state index contributed by atoms with van der Waals surface area (Å²) in [6.07, 6.45) is 0.730. The van der Waals surface area contributed by atoms with Gasteiger partial charge in [0.05, 0.1) is 5.92 Å². The monoisotopic (exact) mass is 239 g/mol. The second kappa shape index (κ2) is 2.59. The van der Waals surface area contributed by atoms with E-state index in [1.807, 2.05) is 6.92 Å². The van der Waals surface area contributed by atoms with E-state index in [4.69, 9.17) is 18.0 Å². The second-order valence-electron chi connectivity index (χ2n) is 5.91. The molecule has 3 aliphatic rings. The van der Waals surface area contributed by atoms with Gasteiger partial charge in [-0.15, -0.1) is 0 Å². The number of aliphatic hydroxyl groups is 1. The van der Waals surface area contributed by atoms with Crippen molar-refractivity contribution < 1.29 is 5.11 Å². The van der Waals surface area contributed by atoms with Crippen molar-refractivity contribution in [1.29, 1.82) is 0 Å². The average Bonchev–Trinajstić information content (AvgIpc) is 2.51. The van der Waals surface area contributed by atoms with E-state index in [9.17, 15) is 5.11 Å². The third-order valence-corrected chi connectivity index (χ3v) is 4.97. The van der Waals surface area contributed by atoms with Crippen LogP contribution in [-0.2, 0) is 0 Å². The molecule has 1 heterocycles. The molecule has 2 fully saturated rings. The van der Waals surface area contributed by atoms with Gasteiger partial charge < -0.3 is 10.8 Å². The quantitative estimate of drug-likeness (QED) is 0.617. The molecule has 5 heteroatoms. The first-order valence-corrected chi connectivity index (χ1v) is 6.08. The molecule has 0 amide bonds. The van der Waals surface area contributed by atoms with E-state index in [-0.39, 0.29) is 11.0 Å². The second-order valence-corrected chi connectivity index (χ2v) is 6.32. The molecule has 4 nitrogen and oxygen atoms in total. The van der Waals surface area contributed by atoms with Crippen LogP contribution >= 0.6 is 12.2 Å². The lowest BCUT2D eigenvalue weighted by Gasteiger charge is -2.35. The summed E-state index contributed by atoms with van der Waals surface area (Å²) >= 11 is 4.95. The predicted octanol–water partition coefficient (Wildman–Crippen LogP) is 0.902. The van der Waals surface area contributed by atoms with Crippen LogP contribution in [-0.4, -0.2) is 26.7 Å². The Bertz CT molecular complexity index is 419. The zero-order valence-corrected chi connectivity index (χ0v) is 10.6. The van der Waals surface area contributed by atoms with Crippen LogP contribution in [0.3, 0.4) is 0 Å². The maximum absolute atomic E-state index is 10.7. The maximum atomic E-state index is 10.7. The van der Waals surface area contributed by atoms with Crippen molar-refractivity contribution in [2.45, 2.75) is 32.9 Å². The molecule has 0 radical (unpaired) electrons. The lowest BCUT2D eigenvalue weighted by atomic mass is 9.84. The SMILES string of the molecule is CC1=NN(C(N)=S)[C@]2(O)C[C@@H]3[C@@H]([C@@H]12)C3(C)C. The van der Waals surface area contributed by atoms with Gasteiger partial charge in [-0.1, -0.05) is 13.8 Å². The fraction of sp³-hybridized carbons (Fsp3) is 0.818. The predicted molar refractivity (Wildman–Crippen MR) is 65.6 cm³/mol. The highest BCUT2D eigenvalue weighted by molar-refractivity contribution is 7.80. The number of hydrogen-bond donors (Lipinski definition) is 2. The van der Waals surface area contributed by atoms with E-state index < -0.39 is 5.72 Å². The molecule has 0 spiro atoms. The van der Waals surface area contributed by atoms with E-state index in [0.717, 1.165) is 12.1 Å². The minimum atomic E-state index is -0.944. The number of nitrogens with two attached hydrogens (primary N) is 1. The van der Waals surface area contributed by atoms with Crippen molar-refractivity contribution in [2.24, 2.45) is 34.0 Å². The molecule has 2 aliphatic carbocycles. The van der Waals surface area contributed by atoms with Gasteiger partial charge in [-0.25, -0.2) is 5.01 Å². The molecule has 2 saturated carbocycles. The third kappa shape index (κ3) is 0.942. The van der Waals surface area contributed by atoms with Crippen molar-refractivity contribution in [1.82, 2.24) is 5.01 Å². The zero-order valence-electron chi connectivity index (χ0n) is 9.77. The lowest BCUT2D eigenvalue weighted by molar-refractivity contribution is -0.0850. The standard InChI is InChI=1S/C11H17N3OS/c1-5-7-8-6(10(8,2)3)4-11(7,15)14(13-5)9(12)16/h6-8,15H,4H2,1-3H3,(H2,12,16)/t6-,7-,8+,11+/m1/s1. The Hall–Kier alpha value is -0.680. The van der Waals surface area contributed by atoms with Gasteiger partial charge in [-0.2, -0.15) is 5.10 Å². The van der Waals surface area contributed by atoms with Crippen molar-refractivity contribution in [2.75, 3.05) is 0 Å². The molecule has 16 heavy (non-hydrogen) atoms. The van der Waals surface area contributed by atoms with Gasteiger partial charge in [0.1, 0.15) is 0 Å².